The van der Waals surface area contributed by atoms with Crippen molar-refractivity contribution in [1.82, 2.24) is 0 Å². The Morgan fingerprint density at radius 2 is 1.75 bits per heavy atom. The van der Waals surface area contributed by atoms with Crippen LogP contribution in [0.1, 0.15) is 34.8 Å². The third-order valence-corrected chi connectivity index (χ3v) is 3.77. The maximum Gasteiger partial charge on any atom is 0.167 e. The molecule has 0 bridgehead atoms. The van der Waals surface area contributed by atoms with Crippen LogP contribution in [-0.4, -0.2) is 5.78 Å². The Hall–Kier alpha value is -1.31. The fourth-order valence-electron chi connectivity index (χ4n) is 2.09. The highest BCUT2D eigenvalue weighted by molar-refractivity contribution is 6.35. The lowest BCUT2D eigenvalue weighted by Gasteiger charge is -2.05. The minimum atomic E-state index is 0.0669. The summed E-state index contributed by atoms with van der Waals surface area (Å²) in [6.45, 7) is 2.14. The zero-order chi connectivity index (χ0) is 14.5. The van der Waals surface area contributed by atoms with Gasteiger partial charge >= 0.3 is 0 Å². The molecule has 0 atom stereocenters. The number of benzene rings is 2. The molecule has 0 heterocycles. The second-order valence-electron chi connectivity index (χ2n) is 4.78. The van der Waals surface area contributed by atoms with E-state index in [4.69, 9.17) is 23.2 Å². The molecule has 0 fully saturated rings. The van der Waals surface area contributed by atoms with Gasteiger partial charge in [-0.3, -0.25) is 4.79 Å². The van der Waals surface area contributed by atoms with E-state index in [1.165, 1.54) is 5.56 Å². The number of ketones is 1. The van der Waals surface area contributed by atoms with Gasteiger partial charge in [0, 0.05) is 22.0 Å². The van der Waals surface area contributed by atoms with Gasteiger partial charge in [-0.1, -0.05) is 66.9 Å². The van der Waals surface area contributed by atoms with Gasteiger partial charge in [0.25, 0.3) is 0 Å². The molecule has 0 unspecified atom stereocenters. The number of rotatable bonds is 5. The topological polar surface area (TPSA) is 17.1 Å². The van der Waals surface area contributed by atoms with E-state index in [0.717, 1.165) is 24.0 Å². The third-order valence-electron chi connectivity index (χ3n) is 3.18. The summed E-state index contributed by atoms with van der Waals surface area (Å²) in [7, 11) is 0. The van der Waals surface area contributed by atoms with Crippen molar-refractivity contribution in [2.45, 2.75) is 26.2 Å². The van der Waals surface area contributed by atoms with E-state index in [1.807, 2.05) is 24.3 Å². The molecule has 104 valence electrons. The Bertz CT molecular complexity index is 603. The molecule has 0 radical (unpaired) electrons. The first-order chi connectivity index (χ1) is 9.60. The van der Waals surface area contributed by atoms with Crippen LogP contribution >= 0.6 is 23.2 Å². The van der Waals surface area contributed by atoms with Gasteiger partial charge in [-0.05, 0) is 29.7 Å². The summed E-state index contributed by atoms with van der Waals surface area (Å²) < 4.78 is 0. The van der Waals surface area contributed by atoms with Crippen LogP contribution in [0.3, 0.4) is 0 Å². The van der Waals surface area contributed by atoms with Crippen molar-refractivity contribution in [3.63, 3.8) is 0 Å². The van der Waals surface area contributed by atoms with E-state index in [-0.39, 0.29) is 5.78 Å². The van der Waals surface area contributed by atoms with Gasteiger partial charge in [0.15, 0.2) is 5.78 Å². The lowest BCUT2D eigenvalue weighted by molar-refractivity contribution is 0.0993. The molecule has 3 heteroatoms. The largest absolute Gasteiger partial charge is 0.294 e. The Kier molecular flexibility index (Phi) is 5.22. The van der Waals surface area contributed by atoms with Gasteiger partial charge in [-0.25, -0.2) is 0 Å². The Balaban J connectivity index is 2.11. The molecule has 2 aromatic carbocycles. The first kappa shape index (κ1) is 15.1. The number of carbonyl (C=O) groups excluding carboxylic acids is 1. The van der Waals surface area contributed by atoms with Crippen LogP contribution in [0.4, 0.5) is 0 Å². The summed E-state index contributed by atoms with van der Waals surface area (Å²) in [6, 6.07) is 13.0. The minimum Gasteiger partial charge on any atom is -0.294 e. The fourth-order valence-corrected chi connectivity index (χ4v) is 2.56. The highest BCUT2D eigenvalue weighted by Gasteiger charge is 2.10. The highest BCUT2D eigenvalue weighted by Crippen LogP contribution is 2.22. The lowest BCUT2D eigenvalue weighted by atomic mass is 10.0. The zero-order valence-electron chi connectivity index (χ0n) is 11.3. The van der Waals surface area contributed by atoms with Crippen LogP contribution in [0.25, 0.3) is 0 Å². The molecule has 0 N–H and O–H groups in total. The Morgan fingerprint density at radius 1 is 1.05 bits per heavy atom. The smallest absolute Gasteiger partial charge is 0.167 e. The van der Waals surface area contributed by atoms with Gasteiger partial charge in [0.05, 0.1) is 0 Å². The number of hydrogen-bond acceptors (Lipinski definition) is 1. The molecule has 0 aromatic heterocycles. The molecular formula is C17H16Cl2O. The first-order valence-electron chi connectivity index (χ1n) is 6.66. The molecule has 0 amide bonds. The molecule has 0 spiro atoms. The molecule has 0 aliphatic heterocycles. The van der Waals surface area contributed by atoms with Gasteiger partial charge in [0.2, 0.25) is 0 Å². The summed E-state index contributed by atoms with van der Waals surface area (Å²) in [4.78, 5) is 12.2. The molecule has 0 saturated heterocycles. The van der Waals surface area contributed by atoms with Crippen LogP contribution in [0.5, 0.6) is 0 Å². The quantitative estimate of drug-likeness (QED) is 0.679. The average molecular weight is 307 g/mol. The Labute approximate surface area is 129 Å². The maximum atomic E-state index is 12.2. The highest BCUT2D eigenvalue weighted by atomic mass is 35.5. The van der Waals surface area contributed by atoms with E-state index in [9.17, 15) is 4.79 Å². The second-order valence-corrected chi connectivity index (χ2v) is 5.63. The summed E-state index contributed by atoms with van der Waals surface area (Å²) in [5, 5.41) is 1.11. The summed E-state index contributed by atoms with van der Waals surface area (Å²) in [5.74, 6) is 0.0669. The van der Waals surface area contributed by atoms with Crippen molar-refractivity contribution >= 4 is 29.0 Å². The van der Waals surface area contributed by atoms with E-state index in [2.05, 4.69) is 6.92 Å². The van der Waals surface area contributed by atoms with Gasteiger partial charge in [0.1, 0.15) is 0 Å². The predicted octanol–water partition coefficient (Wildman–Crippen LogP) is 5.37. The van der Waals surface area contributed by atoms with Crippen molar-refractivity contribution in [2.24, 2.45) is 0 Å². The number of halogens is 2. The zero-order valence-corrected chi connectivity index (χ0v) is 12.8. The van der Waals surface area contributed by atoms with E-state index < -0.39 is 0 Å². The monoisotopic (exact) mass is 306 g/mol. The summed E-state index contributed by atoms with van der Waals surface area (Å²) >= 11 is 11.9. The standard InChI is InChI=1S/C17H16Cl2O/c1-2-3-12-4-6-13(7-5-12)17(20)10-14-8-9-15(18)11-16(14)19/h4-9,11H,2-3,10H2,1H3. The molecular weight excluding hydrogens is 291 g/mol. The number of hydrogen-bond donors (Lipinski definition) is 0. The number of aryl methyl sites for hydroxylation is 1. The Morgan fingerprint density at radius 3 is 2.35 bits per heavy atom. The molecule has 1 nitrogen and oxygen atoms in total. The predicted molar refractivity (Wildman–Crippen MR) is 84.9 cm³/mol. The first-order valence-corrected chi connectivity index (χ1v) is 7.42. The maximum absolute atomic E-state index is 12.2. The van der Waals surface area contributed by atoms with Crippen molar-refractivity contribution < 1.29 is 4.79 Å². The molecule has 2 aromatic rings. The van der Waals surface area contributed by atoms with Crippen molar-refractivity contribution in [3.8, 4) is 0 Å². The normalized spacial score (nSPS) is 10.6. The van der Waals surface area contributed by atoms with Gasteiger partial charge in [-0.2, -0.15) is 0 Å². The van der Waals surface area contributed by atoms with Crippen LogP contribution in [-0.2, 0) is 12.8 Å². The van der Waals surface area contributed by atoms with Crippen molar-refractivity contribution in [1.29, 1.82) is 0 Å². The van der Waals surface area contributed by atoms with Gasteiger partial charge in [-0.15, -0.1) is 0 Å². The average Bonchev–Trinajstić information content (AvgIpc) is 2.43. The SMILES string of the molecule is CCCc1ccc(C(=O)Cc2ccc(Cl)cc2Cl)cc1. The van der Waals surface area contributed by atoms with Crippen LogP contribution < -0.4 is 0 Å². The van der Waals surface area contributed by atoms with E-state index >= 15 is 0 Å². The van der Waals surface area contributed by atoms with Crippen LogP contribution in [0, 0.1) is 0 Å². The molecule has 2 rings (SSSR count). The lowest BCUT2D eigenvalue weighted by Crippen LogP contribution is -2.04. The summed E-state index contributed by atoms with van der Waals surface area (Å²) in [6.07, 6.45) is 2.44. The summed E-state index contributed by atoms with van der Waals surface area (Å²) in [5.41, 5.74) is 2.78. The van der Waals surface area contributed by atoms with Crippen LogP contribution in [0.2, 0.25) is 10.0 Å². The van der Waals surface area contributed by atoms with E-state index in [1.54, 1.807) is 18.2 Å². The van der Waals surface area contributed by atoms with Crippen molar-refractivity contribution in [2.75, 3.05) is 0 Å². The van der Waals surface area contributed by atoms with E-state index in [0.29, 0.717) is 16.5 Å². The molecule has 20 heavy (non-hydrogen) atoms. The molecule has 0 saturated carbocycles. The number of carbonyl (C=O) groups is 1. The minimum absolute atomic E-state index is 0.0669. The van der Waals surface area contributed by atoms with Crippen LogP contribution in [0.15, 0.2) is 42.5 Å². The third kappa shape index (κ3) is 3.84. The van der Waals surface area contributed by atoms with Gasteiger partial charge < -0.3 is 0 Å². The fraction of sp³-hybridized carbons (Fsp3) is 0.235. The second kappa shape index (κ2) is 6.92. The molecule has 0 aliphatic rings. The number of Topliss-reactive ketones (excluding diaryl/α,β-unsaturated/α-hetero) is 1. The molecule has 0 aliphatic carbocycles. The van der Waals surface area contributed by atoms with Crippen molar-refractivity contribution in [3.05, 3.63) is 69.2 Å².